The number of rotatable bonds is 5. The van der Waals surface area contributed by atoms with E-state index < -0.39 is 5.97 Å². The third-order valence-electron chi connectivity index (χ3n) is 2.46. The summed E-state index contributed by atoms with van der Waals surface area (Å²) in [6.45, 7) is 2.52. The number of carboxylic acids is 1. The molecule has 2 rings (SSSR count). The van der Waals surface area contributed by atoms with E-state index in [2.05, 4.69) is 4.98 Å². The Morgan fingerprint density at radius 1 is 1.42 bits per heavy atom. The van der Waals surface area contributed by atoms with Crippen LogP contribution >= 0.6 is 11.3 Å². The maximum absolute atomic E-state index is 10.8. The highest BCUT2D eigenvalue weighted by Crippen LogP contribution is 2.31. The molecule has 0 saturated heterocycles. The number of thiazole rings is 1. The molecule has 1 heterocycles. The molecule has 0 saturated carbocycles. The van der Waals surface area contributed by atoms with E-state index in [0.717, 1.165) is 11.3 Å². The summed E-state index contributed by atoms with van der Waals surface area (Å²) in [5.74, 6) is -0.120. The van der Waals surface area contributed by atoms with Crippen molar-refractivity contribution >= 4 is 22.4 Å². The summed E-state index contributed by atoms with van der Waals surface area (Å²) in [5, 5.41) is 9.25. The number of nitrogen functional groups attached to an aromatic ring is 1. The van der Waals surface area contributed by atoms with Crippen LogP contribution in [0.15, 0.2) is 24.3 Å². The lowest BCUT2D eigenvalue weighted by atomic mass is 10.1. The van der Waals surface area contributed by atoms with Crippen LogP contribution < -0.4 is 10.5 Å². The molecule has 0 amide bonds. The lowest BCUT2D eigenvalue weighted by Crippen LogP contribution is -1.99. The summed E-state index contributed by atoms with van der Waals surface area (Å²) in [6, 6.07) is 7.37. The third kappa shape index (κ3) is 3.23. The fraction of sp³-hybridized carbons (Fsp3) is 0.231. The van der Waals surface area contributed by atoms with Gasteiger partial charge < -0.3 is 15.6 Å². The minimum absolute atomic E-state index is 0.0720. The normalized spacial score (nSPS) is 10.4. The molecule has 0 spiro atoms. The minimum atomic E-state index is -0.893. The number of nitrogens with two attached hydrogens (primary N) is 1. The number of ether oxygens (including phenoxy) is 1. The molecule has 1 aromatic heterocycles. The molecule has 5 nitrogen and oxygen atoms in total. The van der Waals surface area contributed by atoms with E-state index in [1.54, 1.807) is 0 Å². The quantitative estimate of drug-likeness (QED) is 0.877. The van der Waals surface area contributed by atoms with Crippen molar-refractivity contribution in [3.05, 3.63) is 29.1 Å². The zero-order valence-corrected chi connectivity index (χ0v) is 11.2. The van der Waals surface area contributed by atoms with Gasteiger partial charge in [-0.05, 0) is 31.2 Å². The van der Waals surface area contributed by atoms with E-state index in [1.807, 2.05) is 31.2 Å². The predicted octanol–water partition coefficient (Wildman–Crippen LogP) is 2.42. The van der Waals surface area contributed by atoms with E-state index in [9.17, 15) is 4.79 Å². The van der Waals surface area contributed by atoms with E-state index in [1.165, 1.54) is 11.3 Å². The van der Waals surface area contributed by atoms with Gasteiger partial charge in [0, 0.05) is 10.4 Å². The molecule has 0 fully saturated rings. The molecule has 0 aliphatic heterocycles. The van der Waals surface area contributed by atoms with Gasteiger partial charge in [-0.1, -0.05) is 0 Å². The lowest BCUT2D eigenvalue weighted by molar-refractivity contribution is -0.136. The first kappa shape index (κ1) is 13.4. The predicted molar refractivity (Wildman–Crippen MR) is 74.5 cm³/mol. The van der Waals surface area contributed by atoms with Gasteiger partial charge in [-0.3, -0.25) is 4.79 Å². The van der Waals surface area contributed by atoms with E-state index >= 15 is 0 Å². The molecule has 3 N–H and O–H groups in total. The Bertz CT molecular complexity index is 578. The molecule has 0 bridgehead atoms. The van der Waals surface area contributed by atoms with Gasteiger partial charge in [-0.2, -0.15) is 0 Å². The summed E-state index contributed by atoms with van der Waals surface area (Å²) in [4.78, 5) is 15.7. The van der Waals surface area contributed by atoms with Crippen LogP contribution in [-0.2, 0) is 11.2 Å². The molecule has 6 heteroatoms. The Labute approximate surface area is 114 Å². The van der Waals surface area contributed by atoms with Crippen LogP contribution in [0.5, 0.6) is 5.75 Å². The standard InChI is InChI=1S/C13H14N2O3S/c1-2-18-9-5-3-8(4-6-9)12-10(7-11(16)17)19-13(14)15-12/h3-6H,2,7H2,1H3,(H2,14,15)(H,16,17). The minimum Gasteiger partial charge on any atom is -0.494 e. The molecule has 100 valence electrons. The number of hydrogen-bond acceptors (Lipinski definition) is 5. The topological polar surface area (TPSA) is 85.4 Å². The first-order chi connectivity index (χ1) is 9.10. The Morgan fingerprint density at radius 3 is 2.68 bits per heavy atom. The SMILES string of the molecule is CCOc1ccc(-c2nc(N)sc2CC(=O)O)cc1. The zero-order valence-electron chi connectivity index (χ0n) is 10.4. The largest absolute Gasteiger partial charge is 0.494 e. The number of hydrogen-bond donors (Lipinski definition) is 2. The number of carboxylic acid groups (broad SMARTS) is 1. The van der Waals surface area contributed by atoms with Crippen molar-refractivity contribution in [2.45, 2.75) is 13.3 Å². The maximum Gasteiger partial charge on any atom is 0.308 e. The van der Waals surface area contributed by atoms with Gasteiger partial charge in [0.2, 0.25) is 0 Å². The number of aliphatic carboxylic acids is 1. The number of aromatic nitrogens is 1. The lowest BCUT2D eigenvalue weighted by Gasteiger charge is -2.04. The van der Waals surface area contributed by atoms with E-state index in [0.29, 0.717) is 22.3 Å². The second-order valence-electron chi connectivity index (χ2n) is 3.85. The maximum atomic E-state index is 10.8. The van der Waals surface area contributed by atoms with Crippen molar-refractivity contribution < 1.29 is 14.6 Å². The first-order valence-electron chi connectivity index (χ1n) is 5.80. The highest BCUT2D eigenvalue weighted by atomic mass is 32.1. The monoisotopic (exact) mass is 278 g/mol. The first-order valence-corrected chi connectivity index (χ1v) is 6.62. The Kier molecular flexibility index (Phi) is 4.01. The molecular weight excluding hydrogens is 264 g/mol. The highest BCUT2D eigenvalue weighted by Gasteiger charge is 2.14. The second kappa shape index (κ2) is 5.71. The fourth-order valence-electron chi connectivity index (χ4n) is 1.73. The van der Waals surface area contributed by atoms with E-state index in [-0.39, 0.29) is 6.42 Å². The molecule has 0 aliphatic carbocycles. The van der Waals surface area contributed by atoms with Crippen molar-refractivity contribution in [1.82, 2.24) is 4.98 Å². The van der Waals surface area contributed by atoms with Crippen LogP contribution in [0.25, 0.3) is 11.3 Å². The van der Waals surface area contributed by atoms with Gasteiger partial charge in [0.25, 0.3) is 0 Å². The van der Waals surface area contributed by atoms with Crippen LogP contribution in [0.4, 0.5) is 5.13 Å². The van der Waals surface area contributed by atoms with E-state index in [4.69, 9.17) is 15.6 Å². The number of anilines is 1. The van der Waals surface area contributed by atoms with Crippen molar-refractivity contribution in [2.75, 3.05) is 12.3 Å². The summed E-state index contributed by atoms with van der Waals surface area (Å²) in [5.41, 5.74) is 7.13. The molecule has 0 aliphatic rings. The van der Waals surface area contributed by atoms with Gasteiger partial charge in [0.05, 0.1) is 18.7 Å². The van der Waals surface area contributed by atoms with Crippen molar-refractivity contribution in [1.29, 1.82) is 0 Å². The molecule has 2 aromatic rings. The van der Waals surface area contributed by atoms with Crippen molar-refractivity contribution in [3.63, 3.8) is 0 Å². The third-order valence-corrected chi connectivity index (χ3v) is 3.35. The molecule has 0 unspecified atom stereocenters. The summed E-state index contributed by atoms with van der Waals surface area (Å²) < 4.78 is 5.36. The smallest absolute Gasteiger partial charge is 0.308 e. The average Bonchev–Trinajstić information content (AvgIpc) is 2.71. The Hall–Kier alpha value is -2.08. The summed E-state index contributed by atoms with van der Waals surface area (Å²) in [7, 11) is 0. The molecule has 1 aromatic carbocycles. The zero-order chi connectivity index (χ0) is 13.8. The molecule has 0 atom stereocenters. The van der Waals surface area contributed by atoms with Crippen LogP contribution in [0.1, 0.15) is 11.8 Å². The van der Waals surface area contributed by atoms with Gasteiger partial charge in [-0.25, -0.2) is 4.98 Å². The number of nitrogens with zero attached hydrogens (tertiary/aromatic N) is 1. The average molecular weight is 278 g/mol. The fourth-order valence-corrected chi connectivity index (χ4v) is 2.57. The van der Waals surface area contributed by atoms with Gasteiger partial charge in [0.15, 0.2) is 5.13 Å². The highest BCUT2D eigenvalue weighted by molar-refractivity contribution is 7.15. The Balaban J connectivity index is 2.32. The Morgan fingerprint density at radius 2 is 2.11 bits per heavy atom. The van der Waals surface area contributed by atoms with Gasteiger partial charge in [0.1, 0.15) is 5.75 Å². The van der Waals surface area contributed by atoms with Crippen molar-refractivity contribution in [2.24, 2.45) is 0 Å². The molecule has 0 radical (unpaired) electrons. The summed E-state index contributed by atoms with van der Waals surface area (Å²) >= 11 is 1.21. The van der Waals surface area contributed by atoms with Crippen molar-refractivity contribution in [3.8, 4) is 17.0 Å². The molecule has 19 heavy (non-hydrogen) atoms. The second-order valence-corrected chi connectivity index (χ2v) is 4.97. The summed E-state index contributed by atoms with van der Waals surface area (Å²) in [6.07, 6.45) is -0.0720. The van der Waals surface area contributed by atoms with Gasteiger partial charge in [-0.15, -0.1) is 11.3 Å². The van der Waals surface area contributed by atoms with Crippen LogP contribution in [-0.4, -0.2) is 22.7 Å². The number of carbonyl (C=O) groups is 1. The van der Waals surface area contributed by atoms with Crippen LogP contribution in [0, 0.1) is 0 Å². The molecular formula is C13H14N2O3S. The van der Waals surface area contributed by atoms with Crippen LogP contribution in [0.2, 0.25) is 0 Å². The van der Waals surface area contributed by atoms with Crippen LogP contribution in [0.3, 0.4) is 0 Å². The number of benzene rings is 1. The van der Waals surface area contributed by atoms with Gasteiger partial charge >= 0.3 is 5.97 Å².